The lowest BCUT2D eigenvalue weighted by molar-refractivity contribution is -0.275. The number of carbonyl (C=O) groups is 1. The number of esters is 1. The summed E-state index contributed by atoms with van der Waals surface area (Å²) in [6, 6.07) is 2.56. The summed E-state index contributed by atoms with van der Waals surface area (Å²) >= 11 is -0.903. The molecule has 0 heterocycles. The number of alkyl halides is 6. The third kappa shape index (κ3) is 4.73. The minimum atomic E-state index is -5.35. The fourth-order valence-electron chi connectivity index (χ4n) is 1.38. The molecule has 0 aliphatic heterocycles. The zero-order valence-corrected chi connectivity index (χ0v) is 11.3. The Morgan fingerprint density at radius 3 is 2.23 bits per heavy atom. The molecule has 22 heavy (non-hydrogen) atoms. The van der Waals surface area contributed by atoms with Gasteiger partial charge in [-0.2, -0.15) is 18.4 Å². The maximum atomic E-state index is 12.4. The van der Waals surface area contributed by atoms with Gasteiger partial charge in [-0.3, -0.25) is 0 Å². The van der Waals surface area contributed by atoms with Crippen molar-refractivity contribution in [2.75, 3.05) is 7.11 Å². The van der Waals surface area contributed by atoms with E-state index < -0.39 is 51.4 Å². The van der Waals surface area contributed by atoms with Gasteiger partial charge >= 0.3 is 17.8 Å². The van der Waals surface area contributed by atoms with E-state index in [4.69, 9.17) is 5.26 Å². The molecule has 0 unspecified atom stereocenters. The van der Waals surface area contributed by atoms with Crippen molar-refractivity contribution in [2.45, 2.75) is 16.8 Å². The highest BCUT2D eigenvalue weighted by atomic mass is 32.2. The van der Waals surface area contributed by atoms with Gasteiger partial charge in [0.15, 0.2) is 5.75 Å². The van der Waals surface area contributed by atoms with Crippen molar-refractivity contribution >= 4 is 17.7 Å². The Morgan fingerprint density at radius 1 is 1.23 bits per heavy atom. The van der Waals surface area contributed by atoms with Crippen molar-refractivity contribution in [1.29, 1.82) is 5.26 Å². The van der Waals surface area contributed by atoms with E-state index in [0.29, 0.717) is 6.07 Å². The van der Waals surface area contributed by atoms with E-state index in [1.54, 1.807) is 0 Å². The Balaban J connectivity index is 3.53. The average molecular weight is 345 g/mol. The van der Waals surface area contributed by atoms with Gasteiger partial charge in [-0.15, -0.1) is 13.2 Å². The monoisotopic (exact) mass is 345 g/mol. The molecule has 0 bridgehead atoms. The zero-order valence-electron chi connectivity index (χ0n) is 10.5. The molecule has 0 saturated heterocycles. The van der Waals surface area contributed by atoms with Crippen LogP contribution in [0.2, 0.25) is 0 Å². The van der Waals surface area contributed by atoms with Crippen LogP contribution in [0.1, 0.15) is 15.9 Å². The fraction of sp³-hybridized carbons (Fsp3) is 0.273. The second kappa shape index (κ2) is 6.35. The predicted octanol–water partition coefficient (Wildman–Crippen LogP) is 3.86. The van der Waals surface area contributed by atoms with Gasteiger partial charge in [-0.25, -0.2) is 4.79 Å². The molecule has 120 valence electrons. The van der Waals surface area contributed by atoms with Crippen LogP contribution in [0.25, 0.3) is 0 Å². The maximum absolute atomic E-state index is 12.4. The molecule has 0 aliphatic carbocycles. The van der Waals surface area contributed by atoms with E-state index in [2.05, 4.69) is 9.47 Å². The molecule has 0 atom stereocenters. The summed E-state index contributed by atoms with van der Waals surface area (Å²) in [7, 11) is 0.895. The molecule has 0 aliphatic rings. The molecule has 1 rings (SSSR count). The lowest BCUT2D eigenvalue weighted by Gasteiger charge is -2.16. The second-order valence-electron chi connectivity index (χ2n) is 3.51. The number of hydrogen-bond acceptors (Lipinski definition) is 5. The lowest BCUT2D eigenvalue weighted by atomic mass is 10.1. The Morgan fingerprint density at radius 2 is 1.82 bits per heavy atom. The van der Waals surface area contributed by atoms with E-state index in [1.165, 1.54) is 6.07 Å². The summed E-state index contributed by atoms with van der Waals surface area (Å²) in [5.41, 5.74) is -6.56. The van der Waals surface area contributed by atoms with E-state index in [-0.39, 0.29) is 0 Å². The Labute approximate surface area is 123 Å². The fourth-order valence-corrected chi connectivity index (χ4v) is 2.00. The van der Waals surface area contributed by atoms with E-state index in [1.807, 2.05) is 0 Å². The van der Waals surface area contributed by atoms with Gasteiger partial charge < -0.3 is 9.47 Å². The van der Waals surface area contributed by atoms with Gasteiger partial charge in [0.1, 0.15) is 11.6 Å². The standard InChI is InChI=1S/C11H5F6NO3S/c1-20-9(19)5-2-3-7(22-11(15,16)17)8(6(5)4-18)21-10(12,13)14/h2-3H,1H3. The maximum Gasteiger partial charge on any atom is 0.573 e. The summed E-state index contributed by atoms with van der Waals surface area (Å²) in [5, 5.41) is 8.87. The predicted molar refractivity (Wildman–Crippen MR) is 61.1 cm³/mol. The number of halogens is 6. The minimum Gasteiger partial charge on any atom is -0.465 e. The number of ether oxygens (including phenoxy) is 2. The van der Waals surface area contributed by atoms with Crippen LogP contribution >= 0.6 is 11.8 Å². The van der Waals surface area contributed by atoms with E-state index in [9.17, 15) is 31.1 Å². The van der Waals surface area contributed by atoms with Crippen LogP contribution in [0.15, 0.2) is 17.0 Å². The van der Waals surface area contributed by atoms with Gasteiger partial charge in [0.25, 0.3) is 0 Å². The molecule has 0 aromatic heterocycles. The molecule has 0 amide bonds. The molecule has 0 saturated carbocycles. The number of nitrogens with zero attached hydrogens (tertiary/aromatic N) is 1. The van der Waals surface area contributed by atoms with Crippen molar-refractivity contribution in [3.05, 3.63) is 23.3 Å². The SMILES string of the molecule is COC(=O)c1ccc(SC(F)(F)F)c(OC(F)(F)F)c1C#N. The topological polar surface area (TPSA) is 59.3 Å². The van der Waals surface area contributed by atoms with Gasteiger partial charge in [0.2, 0.25) is 0 Å². The summed E-state index contributed by atoms with van der Waals surface area (Å²) in [6.07, 6.45) is -5.35. The quantitative estimate of drug-likeness (QED) is 0.473. The molecule has 0 fully saturated rings. The smallest absolute Gasteiger partial charge is 0.465 e. The Kier molecular flexibility index (Phi) is 5.18. The third-order valence-electron chi connectivity index (χ3n) is 2.08. The summed E-state index contributed by atoms with van der Waals surface area (Å²) in [6.45, 7) is 0. The largest absolute Gasteiger partial charge is 0.573 e. The summed E-state index contributed by atoms with van der Waals surface area (Å²) < 4.78 is 81.9. The zero-order chi connectivity index (χ0) is 17.1. The number of nitriles is 1. The van der Waals surface area contributed by atoms with Crippen LogP contribution in [0.3, 0.4) is 0 Å². The lowest BCUT2D eigenvalue weighted by Crippen LogP contribution is -2.20. The summed E-state index contributed by atoms with van der Waals surface area (Å²) in [5.74, 6) is -2.59. The molecule has 11 heteroatoms. The van der Waals surface area contributed by atoms with Crippen LogP contribution in [0.5, 0.6) is 5.75 Å². The molecule has 0 N–H and O–H groups in total. The molecule has 4 nitrogen and oxygen atoms in total. The first-order valence-corrected chi connectivity index (χ1v) is 5.97. The minimum absolute atomic E-state index is 0.590. The first kappa shape index (κ1) is 18.0. The van der Waals surface area contributed by atoms with Crippen LogP contribution in [-0.4, -0.2) is 24.9 Å². The number of carbonyl (C=O) groups excluding carboxylic acids is 1. The van der Waals surface area contributed by atoms with Gasteiger partial charge in [0.05, 0.1) is 17.6 Å². The van der Waals surface area contributed by atoms with E-state index in [0.717, 1.165) is 13.2 Å². The molecule has 1 aromatic rings. The normalized spacial score (nSPS) is 11.7. The molecular formula is C11H5F6NO3S. The number of rotatable bonds is 3. The van der Waals surface area contributed by atoms with Crippen molar-refractivity contribution in [2.24, 2.45) is 0 Å². The second-order valence-corrected chi connectivity index (χ2v) is 4.62. The third-order valence-corrected chi connectivity index (χ3v) is 2.85. The highest BCUT2D eigenvalue weighted by Gasteiger charge is 2.38. The van der Waals surface area contributed by atoms with Crippen molar-refractivity contribution in [3.63, 3.8) is 0 Å². The molecule has 0 radical (unpaired) electrons. The number of methoxy groups -OCH3 is 1. The first-order valence-electron chi connectivity index (χ1n) is 5.15. The van der Waals surface area contributed by atoms with Gasteiger partial charge in [-0.1, -0.05) is 0 Å². The van der Waals surface area contributed by atoms with Crippen molar-refractivity contribution in [3.8, 4) is 11.8 Å². The number of hydrogen-bond donors (Lipinski definition) is 0. The number of benzene rings is 1. The Bertz CT molecular complexity index is 620. The number of thioether (sulfide) groups is 1. The summed E-state index contributed by atoms with van der Waals surface area (Å²) in [4.78, 5) is 10.4. The van der Waals surface area contributed by atoms with Crippen LogP contribution in [-0.2, 0) is 4.74 Å². The van der Waals surface area contributed by atoms with Crippen molar-refractivity contribution in [1.82, 2.24) is 0 Å². The van der Waals surface area contributed by atoms with E-state index >= 15 is 0 Å². The van der Waals surface area contributed by atoms with Crippen LogP contribution < -0.4 is 4.74 Å². The molecular weight excluding hydrogens is 340 g/mol. The molecule has 1 aromatic carbocycles. The van der Waals surface area contributed by atoms with Crippen LogP contribution in [0, 0.1) is 11.3 Å². The molecule has 0 spiro atoms. The average Bonchev–Trinajstić information content (AvgIpc) is 2.36. The highest BCUT2D eigenvalue weighted by molar-refractivity contribution is 8.00. The Hall–Kier alpha value is -2.09. The van der Waals surface area contributed by atoms with Gasteiger partial charge in [-0.05, 0) is 23.9 Å². The highest BCUT2D eigenvalue weighted by Crippen LogP contribution is 2.44. The van der Waals surface area contributed by atoms with Gasteiger partial charge in [0, 0.05) is 0 Å². The van der Waals surface area contributed by atoms with Crippen LogP contribution in [0.4, 0.5) is 26.3 Å². The van der Waals surface area contributed by atoms with Crippen molar-refractivity contribution < 1.29 is 40.6 Å². The first-order chi connectivity index (χ1) is 9.98.